The zero-order chi connectivity index (χ0) is 13.0. The molecule has 2 heterocycles. The Balaban J connectivity index is 1.81. The topological polar surface area (TPSA) is 41.6 Å². The fourth-order valence-electron chi connectivity index (χ4n) is 2.76. The SMILES string of the molecule is CC1(C)CCCN(C(=O)CC2COCCN2)CC1. The van der Waals surface area contributed by atoms with E-state index in [-0.39, 0.29) is 11.9 Å². The van der Waals surface area contributed by atoms with Gasteiger partial charge in [0.15, 0.2) is 0 Å². The van der Waals surface area contributed by atoms with Crippen molar-refractivity contribution < 1.29 is 9.53 Å². The molecule has 0 aromatic rings. The molecule has 104 valence electrons. The zero-order valence-electron chi connectivity index (χ0n) is 11.7. The molecule has 0 radical (unpaired) electrons. The van der Waals surface area contributed by atoms with Crippen molar-refractivity contribution in [3.63, 3.8) is 0 Å². The molecule has 1 atom stereocenters. The van der Waals surface area contributed by atoms with E-state index >= 15 is 0 Å². The van der Waals surface area contributed by atoms with Gasteiger partial charge in [-0.2, -0.15) is 0 Å². The van der Waals surface area contributed by atoms with Gasteiger partial charge >= 0.3 is 0 Å². The van der Waals surface area contributed by atoms with Crippen LogP contribution in [0.1, 0.15) is 39.5 Å². The van der Waals surface area contributed by atoms with Crippen LogP contribution in [0.25, 0.3) is 0 Å². The molecule has 2 fully saturated rings. The molecule has 2 rings (SSSR count). The van der Waals surface area contributed by atoms with Crippen molar-refractivity contribution in [1.82, 2.24) is 10.2 Å². The fourth-order valence-corrected chi connectivity index (χ4v) is 2.76. The highest BCUT2D eigenvalue weighted by Crippen LogP contribution is 2.29. The number of hydrogen-bond donors (Lipinski definition) is 1. The number of amides is 1. The van der Waals surface area contributed by atoms with Crippen molar-refractivity contribution >= 4 is 5.91 Å². The number of likely N-dealkylation sites (tertiary alicyclic amines) is 1. The van der Waals surface area contributed by atoms with Crippen LogP contribution in [-0.2, 0) is 9.53 Å². The van der Waals surface area contributed by atoms with Gasteiger partial charge in [0.1, 0.15) is 0 Å². The second-order valence-electron chi connectivity index (χ2n) is 6.33. The van der Waals surface area contributed by atoms with Crippen LogP contribution in [0.15, 0.2) is 0 Å². The van der Waals surface area contributed by atoms with Gasteiger partial charge in [-0.05, 0) is 24.7 Å². The molecule has 1 N–H and O–H groups in total. The Labute approximate surface area is 110 Å². The summed E-state index contributed by atoms with van der Waals surface area (Å²) < 4.78 is 5.39. The van der Waals surface area contributed by atoms with Crippen molar-refractivity contribution in [2.24, 2.45) is 5.41 Å². The lowest BCUT2D eigenvalue weighted by molar-refractivity contribution is -0.132. The van der Waals surface area contributed by atoms with Gasteiger partial charge in [-0.15, -0.1) is 0 Å². The van der Waals surface area contributed by atoms with E-state index in [1.165, 1.54) is 6.42 Å². The summed E-state index contributed by atoms with van der Waals surface area (Å²) in [5.74, 6) is 0.288. The molecular weight excluding hydrogens is 228 g/mol. The van der Waals surface area contributed by atoms with E-state index in [1.807, 2.05) is 4.90 Å². The monoisotopic (exact) mass is 254 g/mol. The van der Waals surface area contributed by atoms with Crippen LogP contribution < -0.4 is 5.32 Å². The summed E-state index contributed by atoms with van der Waals surface area (Å²) in [7, 11) is 0. The van der Waals surface area contributed by atoms with Gasteiger partial charge in [0.25, 0.3) is 0 Å². The molecule has 0 aromatic carbocycles. The first-order valence-corrected chi connectivity index (χ1v) is 7.16. The number of hydrogen-bond acceptors (Lipinski definition) is 3. The van der Waals surface area contributed by atoms with Crippen molar-refractivity contribution in [3.8, 4) is 0 Å². The Bertz CT molecular complexity index is 286. The third kappa shape index (κ3) is 3.95. The first-order valence-electron chi connectivity index (χ1n) is 7.16. The third-order valence-corrected chi connectivity index (χ3v) is 4.11. The van der Waals surface area contributed by atoms with E-state index < -0.39 is 0 Å². The molecule has 0 aliphatic carbocycles. The maximum atomic E-state index is 12.3. The van der Waals surface area contributed by atoms with Crippen molar-refractivity contribution in [1.29, 1.82) is 0 Å². The Morgan fingerprint density at radius 2 is 2.22 bits per heavy atom. The molecule has 1 amide bonds. The predicted octanol–water partition coefficient (Wildman–Crippen LogP) is 1.40. The largest absolute Gasteiger partial charge is 0.378 e. The summed E-state index contributed by atoms with van der Waals surface area (Å²) >= 11 is 0. The summed E-state index contributed by atoms with van der Waals surface area (Å²) in [6, 6.07) is 0.211. The van der Waals surface area contributed by atoms with Crippen LogP contribution in [0.4, 0.5) is 0 Å². The Morgan fingerprint density at radius 3 is 2.94 bits per heavy atom. The summed E-state index contributed by atoms with van der Waals surface area (Å²) in [6.45, 7) is 8.75. The minimum Gasteiger partial charge on any atom is -0.378 e. The molecule has 0 saturated carbocycles. The Hall–Kier alpha value is -0.610. The fraction of sp³-hybridized carbons (Fsp3) is 0.929. The minimum absolute atomic E-state index is 0.211. The maximum absolute atomic E-state index is 12.3. The summed E-state index contributed by atoms with van der Waals surface area (Å²) in [4.78, 5) is 14.3. The van der Waals surface area contributed by atoms with Gasteiger partial charge in [-0.3, -0.25) is 4.79 Å². The molecule has 0 spiro atoms. The number of nitrogens with zero attached hydrogens (tertiary/aromatic N) is 1. The number of ether oxygens (including phenoxy) is 1. The number of nitrogens with one attached hydrogen (secondary N) is 1. The minimum atomic E-state index is 0.211. The lowest BCUT2D eigenvalue weighted by Crippen LogP contribution is -2.45. The third-order valence-electron chi connectivity index (χ3n) is 4.11. The molecule has 2 aliphatic rings. The van der Waals surface area contributed by atoms with Gasteiger partial charge in [0.2, 0.25) is 5.91 Å². The molecule has 1 unspecified atom stereocenters. The highest BCUT2D eigenvalue weighted by Gasteiger charge is 2.27. The van der Waals surface area contributed by atoms with E-state index in [2.05, 4.69) is 19.2 Å². The molecule has 0 bridgehead atoms. The average Bonchev–Trinajstić information content (AvgIpc) is 2.51. The maximum Gasteiger partial charge on any atom is 0.224 e. The summed E-state index contributed by atoms with van der Waals surface area (Å²) in [6.07, 6.45) is 4.06. The van der Waals surface area contributed by atoms with E-state index in [9.17, 15) is 4.79 Å². The standard InChI is InChI=1S/C14H26N2O2/c1-14(2)4-3-7-16(8-5-14)13(17)10-12-11-18-9-6-15-12/h12,15H,3-11H2,1-2H3. The van der Waals surface area contributed by atoms with Gasteiger partial charge in [-0.25, -0.2) is 0 Å². The highest BCUT2D eigenvalue weighted by atomic mass is 16.5. The van der Waals surface area contributed by atoms with Gasteiger partial charge in [0, 0.05) is 32.1 Å². The first kappa shape index (κ1) is 13.8. The van der Waals surface area contributed by atoms with Crippen molar-refractivity contribution in [2.75, 3.05) is 32.8 Å². The number of carbonyl (C=O) groups excluding carboxylic acids is 1. The quantitative estimate of drug-likeness (QED) is 0.810. The lowest BCUT2D eigenvalue weighted by atomic mass is 9.85. The molecular formula is C14H26N2O2. The molecule has 4 nitrogen and oxygen atoms in total. The predicted molar refractivity (Wildman–Crippen MR) is 71.4 cm³/mol. The van der Waals surface area contributed by atoms with Crippen LogP contribution >= 0.6 is 0 Å². The lowest BCUT2D eigenvalue weighted by Gasteiger charge is -2.27. The van der Waals surface area contributed by atoms with Crippen LogP contribution in [0, 0.1) is 5.41 Å². The van der Waals surface area contributed by atoms with E-state index in [1.54, 1.807) is 0 Å². The highest BCUT2D eigenvalue weighted by molar-refractivity contribution is 5.76. The van der Waals surface area contributed by atoms with Crippen LogP contribution in [0.3, 0.4) is 0 Å². The molecule has 2 aliphatic heterocycles. The molecule has 18 heavy (non-hydrogen) atoms. The van der Waals surface area contributed by atoms with Crippen molar-refractivity contribution in [2.45, 2.75) is 45.6 Å². The van der Waals surface area contributed by atoms with Crippen LogP contribution in [0.2, 0.25) is 0 Å². The van der Waals surface area contributed by atoms with Crippen molar-refractivity contribution in [3.05, 3.63) is 0 Å². The normalized spacial score (nSPS) is 28.8. The second-order valence-corrected chi connectivity index (χ2v) is 6.33. The zero-order valence-corrected chi connectivity index (χ0v) is 11.7. The van der Waals surface area contributed by atoms with E-state index in [0.717, 1.165) is 39.1 Å². The number of rotatable bonds is 2. The van der Waals surface area contributed by atoms with Gasteiger partial charge in [-0.1, -0.05) is 13.8 Å². The van der Waals surface area contributed by atoms with E-state index in [0.29, 0.717) is 18.4 Å². The van der Waals surface area contributed by atoms with E-state index in [4.69, 9.17) is 4.74 Å². The van der Waals surface area contributed by atoms with Gasteiger partial charge < -0.3 is 15.0 Å². The van der Waals surface area contributed by atoms with Crippen LogP contribution in [-0.4, -0.2) is 49.7 Å². The number of carbonyl (C=O) groups is 1. The summed E-state index contributed by atoms with van der Waals surface area (Å²) in [5.41, 5.74) is 0.390. The van der Waals surface area contributed by atoms with Crippen LogP contribution in [0.5, 0.6) is 0 Å². The molecule has 0 aromatic heterocycles. The smallest absolute Gasteiger partial charge is 0.224 e. The molecule has 2 saturated heterocycles. The Morgan fingerprint density at radius 1 is 1.39 bits per heavy atom. The first-order chi connectivity index (χ1) is 8.57. The van der Waals surface area contributed by atoms with Gasteiger partial charge in [0.05, 0.1) is 13.2 Å². The number of morpholine rings is 1. The summed E-state index contributed by atoms with van der Waals surface area (Å²) in [5, 5.41) is 3.35. The molecule has 4 heteroatoms. The Kier molecular flexibility index (Phi) is 4.62. The second kappa shape index (κ2) is 6.02. The average molecular weight is 254 g/mol.